The molecule has 0 saturated carbocycles. The molecule has 2 amide bonds. The summed E-state index contributed by atoms with van der Waals surface area (Å²) in [6.45, 7) is 7.23. The zero-order chi connectivity index (χ0) is 18.7. The van der Waals surface area contributed by atoms with Crippen LogP contribution >= 0.6 is 23.4 Å². The lowest BCUT2D eigenvalue weighted by Gasteiger charge is -2.35. The first-order valence-electron chi connectivity index (χ1n) is 8.82. The van der Waals surface area contributed by atoms with Crippen LogP contribution in [0.2, 0.25) is 5.02 Å². The van der Waals surface area contributed by atoms with Gasteiger partial charge in [0.1, 0.15) is 0 Å². The Bertz CT molecular complexity index is 678. The molecule has 3 rings (SSSR count). The Morgan fingerprint density at radius 3 is 2.85 bits per heavy atom. The molecule has 142 valence electrons. The van der Waals surface area contributed by atoms with Crippen molar-refractivity contribution in [2.45, 2.75) is 42.6 Å². The average molecular weight is 398 g/mol. The molecule has 0 spiro atoms. The predicted molar refractivity (Wildman–Crippen MR) is 104 cm³/mol. The maximum absolute atomic E-state index is 12.2. The molecule has 1 saturated heterocycles. The number of nitrogens with one attached hydrogen (secondary N) is 2. The number of hydrogen-bond donors (Lipinski definition) is 2. The van der Waals surface area contributed by atoms with Crippen molar-refractivity contribution < 1.29 is 14.3 Å². The summed E-state index contributed by atoms with van der Waals surface area (Å²) in [7, 11) is 0. The van der Waals surface area contributed by atoms with Crippen molar-refractivity contribution >= 4 is 40.9 Å². The molecule has 0 aliphatic carbocycles. The molecule has 2 N–H and O–H groups in total. The molecule has 1 fully saturated rings. The number of amides is 2. The van der Waals surface area contributed by atoms with Gasteiger partial charge in [0, 0.05) is 42.5 Å². The zero-order valence-electron chi connectivity index (χ0n) is 15.0. The summed E-state index contributed by atoms with van der Waals surface area (Å²) in [5.74, 6) is -0.264. The first-order valence-corrected chi connectivity index (χ1v) is 10.1. The van der Waals surface area contributed by atoms with Crippen molar-refractivity contribution in [2.75, 3.05) is 31.5 Å². The van der Waals surface area contributed by atoms with Gasteiger partial charge in [-0.25, -0.2) is 0 Å². The number of benzene rings is 1. The quantitative estimate of drug-likeness (QED) is 0.798. The Morgan fingerprint density at radius 1 is 1.38 bits per heavy atom. The van der Waals surface area contributed by atoms with Crippen LogP contribution in [0.25, 0.3) is 0 Å². The van der Waals surface area contributed by atoms with Crippen LogP contribution in [0.15, 0.2) is 23.1 Å². The number of nitrogens with zero attached hydrogens (tertiary/aromatic N) is 1. The Morgan fingerprint density at radius 2 is 2.12 bits per heavy atom. The summed E-state index contributed by atoms with van der Waals surface area (Å²) < 4.78 is 5.71. The molecular formula is C18H24ClN3O3S. The number of ether oxygens (including phenoxy) is 1. The Labute approximate surface area is 163 Å². The molecule has 1 aromatic carbocycles. The number of carbonyl (C=O) groups is 2. The van der Waals surface area contributed by atoms with E-state index in [9.17, 15) is 9.59 Å². The van der Waals surface area contributed by atoms with Gasteiger partial charge in [-0.2, -0.15) is 0 Å². The van der Waals surface area contributed by atoms with Gasteiger partial charge in [0.2, 0.25) is 11.8 Å². The van der Waals surface area contributed by atoms with Crippen LogP contribution in [0, 0.1) is 0 Å². The molecule has 6 nitrogen and oxygen atoms in total. The monoisotopic (exact) mass is 397 g/mol. The highest BCUT2D eigenvalue weighted by Gasteiger charge is 2.29. The number of anilines is 1. The highest BCUT2D eigenvalue weighted by molar-refractivity contribution is 8.01. The minimum Gasteiger partial charge on any atom is -0.373 e. The van der Waals surface area contributed by atoms with Gasteiger partial charge in [0.15, 0.2) is 0 Å². The van der Waals surface area contributed by atoms with E-state index >= 15 is 0 Å². The van der Waals surface area contributed by atoms with Crippen molar-refractivity contribution in [1.29, 1.82) is 0 Å². The second-order valence-electron chi connectivity index (χ2n) is 6.81. The van der Waals surface area contributed by atoms with E-state index in [2.05, 4.69) is 29.4 Å². The Balaban J connectivity index is 1.45. The molecule has 2 heterocycles. The van der Waals surface area contributed by atoms with Crippen molar-refractivity contribution in [3.63, 3.8) is 0 Å². The number of hydrogen-bond acceptors (Lipinski definition) is 5. The van der Waals surface area contributed by atoms with Gasteiger partial charge in [-0.1, -0.05) is 11.6 Å². The maximum atomic E-state index is 12.2. The predicted octanol–water partition coefficient (Wildman–Crippen LogP) is 2.37. The number of halogens is 1. The van der Waals surface area contributed by atoms with E-state index in [0.29, 0.717) is 17.3 Å². The molecule has 2 aliphatic rings. The van der Waals surface area contributed by atoms with Crippen LogP contribution in [0.4, 0.5) is 5.69 Å². The lowest BCUT2D eigenvalue weighted by molar-refractivity contribution is -0.124. The molecular weight excluding hydrogens is 374 g/mol. The van der Waals surface area contributed by atoms with Crippen LogP contribution in [0.1, 0.15) is 20.3 Å². The third kappa shape index (κ3) is 5.13. The molecule has 1 aromatic rings. The van der Waals surface area contributed by atoms with E-state index in [1.54, 1.807) is 12.1 Å². The van der Waals surface area contributed by atoms with E-state index in [1.165, 1.54) is 11.8 Å². The molecule has 0 aromatic heterocycles. The number of rotatable bonds is 5. The number of morpholine rings is 1. The van der Waals surface area contributed by atoms with Crippen LogP contribution in [0.5, 0.6) is 0 Å². The molecule has 0 radical (unpaired) electrons. The van der Waals surface area contributed by atoms with Crippen LogP contribution in [0.3, 0.4) is 0 Å². The van der Waals surface area contributed by atoms with E-state index in [4.69, 9.17) is 16.3 Å². The number of carbonyl (C=O) groups excluding carboxylic acids is 2. The van der Waals surface area contributed by atoms with Gasteiger partial charge in [0.25, 0.3) is 0 Å². The summed E-state index contributed by atoms with van der Waals surface area (Å²) in [5, 5.41) is 5.90. The van der Waals surface area contributed by atoms with Crippen LogP contribution in [-0.4, -0.2) is 60.4 Å². The zero-order valence-corrected chi connectivity index (χ0v) is 16.5. The van der Waals surface area contributed by atoms with Gasteiger partial charge in [-0.3, -0.25) is 14.5 Å². The average Bonchev–Trinajstić information content (AvgIpc) is 2.55. The topological polar surface area (TPSA) is 70.7 Å². The Hall–Kier alpha value is -1.28. The van der Waals surface area contributed by atoms with E-state index in [1.807, 2.05) is 6.07 Å². The highest BCUT2D eigenvalue weighted by Crippen LogP contribution is 2.38. The molecule has 8 heteroatoms. The largest absolute Gasteiger partial charge is 0.373 e. The summed E-state index contributed by atoms with van der Waals surface area (Å²) in [4.78, 5) is 27.7. The maximum Gasteiger partial charge on any atom is 0.238 e. The number of thioether (sulfide) groups is 1. The first kappa shape index (κ1) is 19.5. The van der Waals surface area contributed by atoms with Crippen molar-refractivity contribution in [3.05, 3.63) is 23.2 Å². The SMILES string of the molecule is CC1CN(CCNC(=O)CC2Sc3ccc(Cl)cc3NC2=O)CC(C)O1. The Kier molecular flexibility index (Phi) is 6.45. The molecule has 3 atom stereocenters. The van der Waals surface area contributed by atoms with Crippen LogP contribution < -0.4 is 10.6 Å². The van der Waals surface area contributed by atoms with Gasteiger partial charge >= 0.3 is 0 Å². The normalized spacial score (nSPS) is 26.1. The van der Waals surface area contributed by atoms with Crippen molar-refractivity contribution in [2.24, 2.45) is 0 Å². The van der Waals surface area contributed by atoms with Crippen molar-refractivity contribution in [3.8, 4) is 0 Å². The van der Waals surface area contributed by atoms with E-state index in [-0.39, 0.29) is 30.4 Å². The van der Waals surface area contributed by atoms with Crippen LogP contribution in [-0.2, 0) is 14.3 Å². The highest BCUT2D eigenvalue weighted by atomic mass is 35.5. The first-order chi connectivity index (χ1) is 12.4. The fourth-order valence-corrected chi connectivity index (χ4v) is 4.58. The molecule has 2 aliphatic heterocycles. The second-order valence-corrected chi connectivity index (χ2v) is 8.49. The molecule has 26 heavy (non-hydrogen) atoms. The second kappa shape index (κ2) is 8.61. The third-order valence-corrected chi connectivity index (χ3v) is 5.89. The van der Waals surface area contributed by atoms with Gasteiger partial charge in [0.05, 0.1) is 23.1 Å². The fraction of sp³-hybridized carbons (Fsp3) is 0.556. The van der Waals surface area contributed by atoms with Gasteiger partial charge in [-0.15, -0.1) is 11.8 Å². The fourth-order valence-electron chi connectivity index (χ4n) is 3.32. The summed E-state index contributed by atoms with van der Waals surface area (Å²) in [6.07, 6.45) is 0.588. The molecule has 0 bridgehead atoms. The lowest BCUT2D eigenvalue weighted by atomic mass is 10.2. The summed E-state index contributed by atoms with van der Waals surface area (Å²) >= 11 is 7.35. The summed E-state index contributed by atoms with van der Waals surface area (Å²) in [5.41, 5.74) is 0.708. The minimum absolute atomic E-state index is 0.107. The smallest absolute Gasteiger partial charge is 0.238 e. The lowest BCUT2D eigenvalue weighted by Crippen LogP contribution is -2.48. The number of fused-ring (bicyclic) bond motifs is 1. The minimum atomic E-state index is -0.424. The standard InChI is InChI=1S/C18H24ClN3O3S/c1-11-9-22(10-12(2)25-11)6-5-20-17(23)8-16-18(24)21-14-7-13(19)3-4-15(14)26-16/h3-4,7,11-12,16H,5-6,8-10H2,1-2H3,(H,20,23)(H,21,24). The third-order valence-electron chi connectivity index (χ3n) is 4.38. The van der Waals surface area contributed by atoms with Gasteiger partial charge < -0.3 is 15.4 Å². The van der Waals surface area contributed by atoms with Gasteiger partial charge in [-0.05, 0) is 32.0 Å². The van der Waals surface area contributed by atoms with E-state index in [0.717, 1.165) is 24.5 Å². The summed E-state index contributed by atoms with van der Waals surface area (Å²) in [6, 6.07) is 5.38. The molecule has 3 unspecified atom stereocenters. The van der Waals surface area contributed by atoms with Crippen molar-refractivity contribution in [1.82, 2.24) is 10.2 Å². The van der Waals surface area contributed by atoms with E-state index < -0.39 is 5.25 Å².